The summed E-state index contributed by atoms with van der Waals surface area (Å²) in [5.74, 6) is 1.80. The molecular weight excluding hydrogens is 326 g/mol. The molecule has 0 radical (unpaired) electrons. The molecule has 0 bridgehead atoms. The predicted octanol–water partition coefficient (Wildman–Crippen LogP) is 6.75. The summed E-state index contributed by atoms with van der Waals surface area (Å²) < 4.78 is 0. The Morgan fingerprint density at radius 1 is 1.07 bits per heavy atom. The highest BCUT2D eigenvalue weighted by atomic mass is 14.8. The molecule has 3 unspecified atom stereocenters. The second-order valence-electron chi connectivity index (χ2n) is 9.14. The molecule has 3 aliphatic carbocycles. The van der Waals surface area contributed by atoms with Crippen molar-refractivity contribution in [3.8, 4) is 0 Å². The van der Waals surface area contributed by atoms with Crippen molar-refractivity contribution in [1.82, 2.24) is 0 Å². The van der Waals surface area contributed by atoms with Crippen LogP contribution in [0.4, 0.5) is 0 Å². The van der Waals surface area contributed by atoms with Gasteiger partial charge in [-0.15, -0.1) is 0 Å². The molecule has 0 saturated heterocycles. The minimum atomic E-state index is 0.0839. The molecule has 1 nitrogen and oxygen atoms in total. The smallest absolute Gasteiger partial charge is 0.0665 e. The van der Waals surface area contributed by atoms with Gasteiger partial charge in [0.25, 0.3) is 0 Å². The van der Waals surface area contributed by atoms with Crippen molar-refractivity contribution in [1.29, 1.82) is 0 Å². The van der Waals surface area contributed by atoms with Crippen molar-refractivity contribution in [3.63, 3.8) is 0 Å². The molecule has 140 valence electrons. The van der Waals surface area contributed by atoms with Crippen LogP contribution in [0.15, 0.2) is 87.7 Å². The highest BCUT2D eigenvalue weighted by Crippen LogP contribution is 2.56. The van der Waals surface area contributed by atoms with Crippen molar-refractivity contribution >= 4 is 6.21 Å². The van der Waals surface area contributed by atoms with Gasteiger partial charge in [-0.25, -0.2) is 0 Å². The van der Waals surface area contributed by atoms with Crippen LogP contribution in [0, 0.1) is 29.1 Å². The first kappa shape index (κ1) is 18.2. The number of aliphatic imine (C=N–C) groups is 1. The monoisotopic (exact) mass is 357 g/mol. The van der Waals surface area contributed by atoms with Crippen molar-refractivity contribution in [2.45, 2.75) is 41.0 Å². The van der Waals surface area contributed by atoms with Crippen LogP contribution in [0.1, 0.15) is 41.0 Å². The average Bonchev–Trinajstić information content (AvgIpc) is 2.64. The second-order valence-corrected chi connectivity index (χ2v) is 9.14. The third kappa shape index (κ3) is 3.08. The summed E-state index contributed by atoms with van der Waals surface area (Å²) in [6.07, 6.45) is 23.8. The van der Waals surface area contributed by atoms with E-state index < -0.39 is 0 Å². The molecular formula is C26H31N. The first-order valence-corrected chi connectivity index (χ1v) is 10.3. The van der Waals surface area contributed by atoms with E-state index >= 15 is 0 Å². The second kappa shape index (κ2) is 6.78. The molecule has 1 heteroatoms. The zero-order chi connectivity index (χ0) is 19.2. The lowest BCUT2D eigenvalue weighted by atomic mass is 9.56. The van der Waals surface area contributed by atoms with E-state index in [1.807, 2.05) is 0 Å². The SMILES string of the molecule is CC1/C=C\C(C(C)C)=C/CC2=C(/N=C\1)C1=CC=CC3=CC=CC(C31)C2(C)C. The summed E-state index contributed by atoms with van der Waals surface area (Å²) in [5, 5.41) is 0. The number of nitrogens with zero attached hydrogens (tertiary/aromatic N) is 1. The van der Waals surface area contributed by atoms with Gasteiger partial charge < -0.3 is 0 Å². The van der Waals surface area contributed by atoms with E-state index in [4.69, 9.17) is 4.99 Å². The largest absolute Gasteiger partial charge is 0.260 e. The summed E-state index contributed by atoms with van der Waals surface area (Å²) in [6, 6.07) is 0. The summed E-state index contributed by atoms with van der Waals surface area (Å²) in [7, 11) is 0. The van der Waals surface area contributed by atoms with E-state index in [-0.39, 0.29) is 5.41 Å². The fourth-order valence-electron chi connectivity index (χ4n) is 4.90. The third-order valence-electron chi connectivity index (χ3n) is 6.63. The third-order valence-corrected chi connectivity index (χ3v) is 6.63. The highest BCUT2D eigenvalue weighted by molar-refractivity contribution is 5.68. The lowest BCUT2D eigenvalue weighted by molar-refractivity contribution is 0.250. The van der Waals surface area contributed by atoms with Crippen LogP contribution in [-0.2, 0) is 0 Å². The molecule has 4 aliphatic rings. The lowest BCUT2D eigenvalue weighted by Crippen LogP contribution is -2.39. The van der Waals surface area contributed by atoms with Gasteiger partial charge in [0.15, 0.2) is 0 Å². The summed E-state index contributed by atoms with van der Waals surface area (Å²) in [6.45, 7) is 11.6. The molecule has 1 heterocycles. The number of hydrogen-bond acceptors (Lipinski definition) is 1. The molecule has 0 spiro atoms. The van der Waals surface area contributed by atoms with Crippen molar-refractivity contribution < 1.29 is 0 Å². The van der Waals surface area contributed by atoms with Gasteiger partial charge in [0, 0.05) is 18.1 Å². The van der Waals surface area contributed by atoms with Gasteiger partial charge in [-0.05, 0) is 46.0 Å². The Kier molecular flexibility index (Phi) is 4.58. The molecule has 27 heavy (non-hydrogen) atoms. The Hall–Kier alpha value is -2.15. The first-order valence-electron chi connectivity index (χ1n) is 10.3. The van der Waals surface area contributed by atoms with Gasteiger partial charge in [-0.3, -0.25) is 4.99 Å². The highest BCUT2D eigenvalue weighted by Gasteiger charge is 2.46. The molecule has 0 aromatic rings. The Morgan fingerprint density at radius 2 is 1.89 bits per heavy atom. The summed E-state index contributed by atoms with van der Waals surface area (Å²) in [4.78, 5) is 5.09. The molecule has 0 N–H and O–H groups in total. The number of hydrogen-bond donors (Lipinski definition) is 0. The molecule has 0 aromatic carbocycles. The summed E-state index contributed by atoms with van der Waals surface area (Å²) in [5.41, 5.74) is 7.06. The number of fused-ring (bicyclic) bond motifs is 1. The molecule has 4 rings (SSSR count). The van der Waals surface area contributed by atoms with E-state index in [0.29, 0.717) is 23.7 Å². The van der Waals surface area contributed by atoms with E-state index in [1.54, 1.807) is 0 Å². The van der Waals surface area contributed by atoms with Crippen molar-refractivity contribution in [2.75, 3.05) is 0 Å². The predicted molar refractivity (Wildman–Crippen MR) is 117 cm³/mol. The Labute approximate surface area is 164 Å². The summed E-state index contributed by atoms with van der Waals surface area (Å²) >= 11 is 0. The zero-order valence-electron chi connectivity index (χ0n) is 17.2. The van der Waals surface area contributed by atoms with Gasteiger partial charge in [0.2, 0.25) is 0 Å². The van der Waals surface area contributed by atoms with Crippen LogP contribution < -0.4 is 0 Å². The van der Waals surface area contributed by atoms with E-state index in [1.165, 1.54) is 28.0 Å². The maximum absolute atomic E-state index is 5.09. The van der Waals surface area contributed by atoms with Crippen LogP contribution in [0.3, 0.4) is 0 Å². The van der Waals surface area contributed by atoms with Gasteiger partial charge in [-0.1, -0.05) is 89.3 Å². The zero-order valence-corrected chi connectivity index (χ0v) is 17.2. The molecule has 3 atom stereocenters. The molecule has 0 fully saturated rings. The molecule has 1 aliphatic heterocycles. The van der Waals surface area contributed by atoms with Crippen molar-refractivity contribution in [3.05, 3.63) is 82.7 Å². The fraction of sp³-hybridized carbons (Fsp3) is 0.423. The maximum atomic E-state index is 5.09. The minimum absolute atomic E-state index is 0.0839. The van der Waals surface area contributed by atoms with E-state index in [2.05, 4.69) is 95.5 Å². The Bertz CT molecular complexity index is 877. The van der Waals surface area contributed by atoms with Crippen LogP contribution in [0.25, 0.3) is 0 Å². The van der Waals surface area contributed by atoms with Gasteiger partial charge in [0.1, 0.15) is 0 Å². The van der Waals surface area contributed by atoms with Crippen LogP contribution in [-0.4, -0.2) is 6.21 Å². The standard InChI is InChI=1S/C26H31N/c1-17(2)19-13-12-18(3)16-27-25-21-10-6-8-20-9-7-11-22(24(20)21)26(4,5)23(25)15-14-19/h6-14,16-18,22,24H,15H2,1-5H3/b13-12-,19-14+,27-16-. The van der Waals surface area contributed by atoms with E-state index in [9.17, 15) is 0 Å². The lowest BCUT2D eigenvalue weighted by Gasteiger charge is -2.48. The maximum Gasteiger partial charge on any atom is 0.0665 e. The number of allylic oxidation sites excluding steroid dienone is 13. The van der Waals surface area contributed by atoms with Crippen LogP contribution in [0.5, 0.6) is 0 Å². The minimum Gasteiger partial charge on any atom is -0.260 e. The molecule has 0 aromatic heterocycles. The van der Waals surface area contributed by atoms with Gasteiger partial charge >= 0.3 is 0 Å². The van der Waals surface area contributed by atoms with Gasteiger partial charge in [0.05, 0.1) is 5.70 Å². The Morgan fingerprint density at radius 3 is 2.67 bits per heavy atom. The van der Waals surface area contributed by atoms with Gasteiger partial charge in [-0.2, -0.15) is 0 Å². The fourth-order valence-corrected chi connectivity index (χ4v) is 4.90. The Balaban J connectivity index is 1.92. The van der Waals surface area contributed by atoms with E-state index in [0.717, 1.165) is 6.42 Å². The van der Waals surface area contributed by atoms with Crippen LogP contribution >= 0.6 is 0 Å². The molecule has 0 saturated carbocycles. The average molecular weight is 358 g/mol. The first-order chi connectivity index (χ1) is 12.9. The number of rotatable bonds is 1. The molecule has 0 amide bonds. The normalized spacial score (nSPS) is 35.5. The quantitative estimate of drug-likeness (QED) is 0.492. The van der Waals surface area contributed by atoms with Crippen LogP contribution in [0.2, 0.25) is 0 Å². The topological polar surface area (TPSA) is 12.4 Å². The van der Waals surface area contributed by atoms with Crippen molar-refractivity contribution in [2.24, 2.45) is 34.1 Å².